The lowest BCUT2D eigenvalue weighted by molar-refractivity contribution is -0.118. The van der Waals surface area contributed by atoms with E-state index in [0.29, 0.717) is 0 Å². The van der Waals surface area contributed by atoms with Crippen molar-refractivity contribution in [3.63, 3.8) is 0 Å². The maximum Gasteiger partial charge on any atom is 0.194 e. The molecule has 2 aliphatic heterocycles. The largest absolute Gasteiger partial charge is 0.334 e. The van der Waals surface area contributed by atoms with Crippen LogP contribution in [0.5, 0.6) is 0 Å². The van der Waals surface area contributed by atoms with Crippen molar-refractivity contribution in [3.05, 3.63) is 65.5 Å². The Balaban J connectivity index is 2.08. The molecule has 3 rings (SSSR count). The van der Waals surface area contributed by atoms with Gasteiger partial charge in [-0.3, -0.25) is 4.79 Å². The summed E-state index contributed by atoms with van der Waals surface area (Å²) < 4.78 is 0. The first kappa shape index (κ1) is 17.7. The second-order valence-corrected chi connectivity index (χ2v) is 8.30. The van der Waals surface area contributed by atoms with Crippen LogP contribution in [0, 0.1) is 0 Å². The minimum atomic E-state index is -0.574. The van der Waals surface area contributed by atoms with Crippen molar-refractivity contribution in [3.8, 4) is 0 Å². The smallest absolute Gasteiger partial charge is 0.194 e. The third-order valence-corrected chi connectivity index (χ3v) is 5.34. The van der Waals surface area contributed by atoms with Crippen molar-refractivity contribution < 1.29 is 4.79 Å². The molecule has 1 aromatic carbocycles. The van der Waals surface area contributed by atoms with Crippen molar-refractivity contribution in [1.29, 1.82) is 0 Å². The van der Waals surface area contributed by atoms with Crippen LogP contribution in [0.1, 0.15) is 65.0 Å². The van der Waals surface area contributed by atoms with Gasteiger partial charge in [0.2, 0.25) is 0 Å². The molecular formula is C23H29NO. The monoisotopic (exact) mass is 335 g/mol. The average Bonchev–Trinajstić information content (AvgIpc) is 2.80. The zero-order chi connectivity index (χ0) is 18.2. The van der Waals surface area contributed by atoms with Gasteiger partial charge in [0.1, 0.15) is 5.54 Å². The lowest BCUT2D eigenvalue weighted by atomic mass is 9.85. The van der Waals surface area contributed by atoms with Crippen LogP contribution in [-0.4, -0.2) is 16.2 Å². The van der Waals surface area contributed by atoms with Crippen molar-refractivity contribution in [2.45, 2.75) is 64.8 Å². The second kappa shape index (κ2) is 6.33. The first-order valence-electron chi connectivity index (χ1n) is 9.33. The Morgan fingerprint density at radius 2 is 1.76 bits per heavy atom. The van der Waals surface area contributed by atoms with Gasteiger partial charge in [0.15, 0.2) is 5.78 Å². The summed E-state index contributed by atoms with van der Waals surface area (Å²) in [6.45, 7) is 10.9. The van der Waals surface area contributed by atoms with Crippen LogP contribution in [0.4, 0.5) is 0 Å². The lowest BCUT2D eigenvalue weighted by Gasteiger charge is -2.34. The van der Waals surface area contributed by atoms with Gasteiger partial charge in [0.05, 0.1) is 0 Å². The molecule has 0 radical (unpaired) electrons. The molecule has 2 nitrogen and oxygen atoms in total. The molecule has 0 amide bonds. The summed E-state index contributed by atoms with van der Waals surface area (Å²) in [5.41, 5.74) is 3.94. The van der Waals surface area contributed by atoms with E-state index in [1.54, 1.807) is 0 Å². The third kappa shape index (κ3) is 2.99. The van der Waals surface area contributed by atoms with Crippen LogP contribution in [0.3, 0.4) is 0 Å². The summed E-state index contributed by atoms with van der Waals surface area (Å²) in [5, 5.41) is 0. The van der Waals surface area contributed by atoms with Crippen LogP contribution in [-0.2, 0) is 10.2 Å². The molecule has 2 aliphatic rings. The van der Waals surface area contributed by atoms with Crippen molar-refractivity contribution in [2.24, 2.45) is 0 Å². The molecule has 0 bridgehead atoms. The van der Waals surface area contributed by atoms with Crippen molar-refractivity contribution in [2.75, 3.05) is 0 Å². The highest BCUT2D eigenvalue weighted by Gasteiger charge is 2.47. The highest BCUT2D eigenvalue weighted by molar-refractivity contribution is 6.29. The molecule has 25 heavy (non-hydrogen) atoms. The number of rotatable bonds is 4. The fourth-order valence-electron chi connectivity index (χ4n) is 3.70. The van der Waals surface area contributed by atoms with Crippen LogP contribution in [0.25, 0.3) is 5.57 Å². The second-order valence-electron chi connectivity index (χ2n) is 8.30. The fourth-order valence-corrected chi connectivity index (χ4v) is 3.70. The predicted octanol–water partition coefficient (Wildman–Crippen LogP) is 5.61. The zero-order valence-electron chi connectivity index (χ0n) is 16.1. The molecule has 0 N–H and O–H groups in total. The number of benzene rings is 1. The minimum absolute atomic E-state index is 0.118. The number of Topliss-reactive ketones (excluding diaryl/α,β-unsaturated/α-hetero) is 1. The standard InChI is InChI=1S/C23H29NO/c1-6-7-10-19-20(17-11-13-18(14-12-17)22(2,3)4)21(25)23(5)15-8-9-16-24(19)23/h8-9,11-16H,6-7,10H2,1-5H3. The van der Waals surface area contributed by atoms with Crippen LogP contribution >= 0.6 is 0 Å². The summed E-state index contributed by atoms with van der Waals surface area (Å²) in [5.74, 6) is 0.211. The highest BCUT2D eigenvalue weighted by Crippen LogP contribution is 2.43. The zero-order valence-corrected chi connectivity index (χ0v) is 16.1. The summed E-state index contributed by atoms with van der Waals surface area (Å²) >= 11 is 0. The van der Waals surface area contributed by atoms with E-state index < -0.39 is 5.54 Å². The van der Waals surface area contributed by atoms with Gasteiger partial charge in [-0.1, -0.05) is 70.5 Å². The molecule has 132 valence electrons. The van der Waals surface area contributed by atoms with Crippen LogP contribution in [0.15, 0.2) is 54.4 Å². The highest BCUT2D eigenvalue weighted by atomic mass is 16.1. The summed E-state index contributed by atoms with van der Waals surface area (Å²) in [6, 6.07) is 8.57. The van der Waals surface area contributed by atoms with Gasteiger partial charge in [-0.05, 0) is 42.4 Å². The summed E-state index contributed by atoms with van der Waals surface area (Å²) in [6.07, 6.45) is 11.2. The number of allylic oxidation sites excluding steroid dienone is 3. The Kier molecular flexibility index (Phi) is 4.49. The van der Waals surface area contributed by atoms with Gasteiger partial charge >= 0.3 is 0 Å². The Morgan fingerprint density at radius 1 is 1.08 bits per heavy atom. The quantitative estimate of drug-likeness (QED) is 0.712. The fraction of sp³-hybridized carbons (Fsp3) is 0.435. The normalized spacial score (nSPS) is 22.8. The lowest BCUT2D eigenvalue weighted by Crippen LogP contribution is -2.43. The number of fused-ring (bicyclic) bond motifs is 1. The molecule has 0 aromatic heterocycles. The van der Waals surface area contributed by atoms with Crippen molar-refractivity contribution >= 4 is 11.4 Å². The summed E-state index contributed by atoms with van der Waals surface area (Å²) in [7, 11) is 0. The van der Waals surface area contributed by atoms with E-state index in [0.717, 1.165) is 30.4 Å². The number of unbranched alkanes of at least 4 members (excludes halogenated alkanes) is 1. The van der Waals surface area contributed by atoms with E-state index in [2.05, 4.69) is 63.1 Å². The van der Waals surface area contributed by atoms with E-state index in [-0.39, 0.29) is 11.2 Å². The summed E-state index contributed by atoms with van der Waals surface area (Å²) in [4.78, 5) is 15.5. The van der Waals surface area contributed by atoms with Gasteiger partial charge in [-0.2, -0.15) is 0 Å². The molecule has 2 heterocycles. The average molecular weight is 335 g/mol. The molecule has 0 aliphatic carbocycles. The van der Waals surface area contributed by atoms with Crippen LogP contribution < -0.4 is 0 Å². The van der Waals surface area contributed by atoms with E-state index in [1.807, 2.05) is 25.2 Å². The molecule has 0 fully saturated rings. The van der Waals surface area contributed by atoms with Crippen LogP contribution in [0.2, 0.25) is 0 Å². The van der Waals surface area contributed by atoms with Gasteiger partial charge in [0, 0.05) is 17.5 Å². The molecule has 1 unspecified atom stereocenters. The molecule has 1 aromatic rings. The molecule has 2 heteroatoms. The molecule has 1 atom stereocenters. The number of hydrogen-bond donors (Lipinski definition) is 0. The minimum Gasteiger partial charge on any atom is -0.334 e. The van der Waals surface area contributed by atoms with Gasteiger partial charge in [-0.25, -0.2) is 0 Å². The van der Waals surface area contributed by atoms with Gasteiger partial charge in [0.25, 0.3) is 0 Å². The molecule has 0 saturated carbocycles. The Bertz CT molecular complexity index is 758. The molecular weight excluding hydrogens is 306 g/mol. The van der Waals surface area contributed by atoms with Gasteiger partial charge in [-0.15, -0.1) is 0 Å². The van der Waals surface area contributed by atoms with E-state index in [9.17, 15) is 4.79 Å². The molecule has 0 saturated heterocycles. The van der Waals surface area contributed by atoms with Gasteiger partial charge < -0.3 is 4.90 Å². The first-order chi connectivity index (χ1) is 11.8. The maximum absolute atomic E-state index is 13.3. The number of carbonyl (C=O) groups is 1. The Labute approximate surface area is 151 Å². The third-order valence-electron chi connectivity index (χ3n) is 5.34. The number of carbonyl (C=O) groups excluding carboxylic acids is 1. The van der Waals surface area contributed by atoms with Crippen molar-refractivity contribution in [1.82, 2.24) is 4.90 Å². The predicted molar refractivity (Wildman–Crippen MR) is 105 cm³/mol. The Morgan fingerprint density at radius 3 is 2.36 bits per heavy atom. The number of hydrogen-bond acceptors (Lipinski definition) is 2. The van der Waals surface area contributed by atoms with E-state index >= 15 is 0 Å². The number of nitrogens with zero attached hydrogens (tertiary/aromatic N) is 1. The maximum atomic E-state index is 13.3. The SMILES string of the molecule is CCCCC1=C(c2ccc(C(C)(C)C)cc2)C(=O)C2(C)C=CC=CN12. The number of ketones is 1. The Hall–Kier alpha value is -2.09. The molecule has 0 spiro atoms. The van der Waals surface area contributed by atoms with E-state index in [4.69, 9.17) is 0 Å². The first-order valence-corrected chi connectivity index (χ1v) is 9.33. The van der Waals surface area contributed by atoms with E-state index in [1.165, 1.54) is 11.3 Å². The topological polar surface area (TPSA) is 20.3 Å².